The second kappa shape index (κ2) is 13.5. The van der Waals surface area contributed by atoms with Crippen molar-refractivity contribution < 1.29 is 4.57 Å². The Hall–Kier alpha value is -0.810. The van der Waals surface area contributed by atoms with Crippen molar-refractivity contribution in [3.8, 4) is 0 Å². The summed E-state index contributed by atoms with van der Waals surface area (Å²) < 4.78 is 13.2. The van der Waals surface area contributed by atoms with Crippen LogP contribution in [0.4, 0.5) is 0 Å². The molecular formula is C22H37OP. The Morgan fingerprint density at radius 2 is 1.33 bits per heavy atom. The molecule has 0 amide bonds. The Kier molecular flexibility index (Phi) is 11.9. The van der Waals surface area contributed by atoms with E-state index < -0.39 is 7.14 Å². The topological polar surface area (TPSA) is 17.1 Å². The number of rotatable bonds is 14. The van der Waals surface area contributed by atoms with Crippen LogP contribution in [0.5, 0.6) is 0 Å². The molecule has 0 bridgehead atoms. The van der Waals surface area contributed by atoms with Gasteiger partial charge in [0.15, 0.2) is 0 Å². The number of hydrogen-bond donors (Lipinski definition) is 0. The summed E-state index contributed by atoms with van der Waals surface area (Å²) in [6, 6.07) is 10.5. The lowest BCUT2D eigenvalue weighted by molar-refractivity contribution is 0.564. The summed E-state index contributed by atoms with van der Waals surface area (Å²) in [7, 11) is -1.91. The molecule has 0 unspecified atom stereocenters. The van der Waals surface area contributed by atoms with Gasteiger partial charge in [-0.15, -0.1) is 0 Å². The van der Waals surface area contributed by atoms with Gasteiger partial charge in [-0.05, 0) is 37.7 Å². The van der Waals surface area contributed by atoms with Gasteiger partial charge in [0.05, 0.1) is 7.14 Å². The zero-order valence-electron chi connectivity index (χ0n) is 15.9. The summed E-state index contributed by atoms with van der Waals surface area (Å²) in [6.45, 7) is 4.45. The second-order valence-electron chi connectivity index (χ2n) is 6.95. The van der Waals surface area contributed by atoms with E-state index in [2.05, 4.69) is 50.3 Å². The molecule has 2 heteroatoms. The van der Waals surface area contributed by atoms with Crippen LogP contribution in [0, 0.1) is 0 Å². The lowest BCUT2D eigenvalue weighted by Crippen LogP contribution is -2.01. The van der Waals surface area contributed by atoms with Crippen molar-refractivity contribution in [1.82, 2.24) is 0 Å². The maximum Gasteiger partial charge on any atom is 0.0877 e. The number of hydrogen-bond acceptors (Lipinski definition) is 1. The van der Waals surface area contributed by atoms with Gasteiger partial charge in [-0.3, -0.25) is 0 Å². The Balaban J connectivity index is 2.29. The first-order valence-electron chi connectivity index (χ1n) is 9.99. The zero-order valence-corrected chi connectivity index (χ0v) is 16.8. The minimum absolute atomic E-state index is 0.972. The lowest BCUT2D eigenvalue weighted by atomic mass is 10.2. The van der Waals surface area contributed by atoms with Gasteiger partial charge in [0.2, 0.25) is 0 Å². The number of unbranched alkanes of at least 4 members (excludes halogenated alkanes) is 6. The van der Waals surface area contributed by atoms with Crippen LogP contribution >= 0.6 is 7.14 Å². The van der Waals surface area contributed by atoms with Crippen LogP contribution in [0.1, 0.15) is 77.2 Å². The van der Waals surface area contributed by atoms with Crippen LogP contribution in [0.15, 0.2) is 36.4 Å². The van der Waals surface area contributed by atoms with E-state index in [-0.39, 0.29) is 0 Å². The summed E-state index contributed by atoms with van der Waals surface area (Å²) in [5, 5.41) is 0. The fourth-order valence-electron chi connectivity index (χ4n) is 3.08. The van der Waals surface area contributed by atoms with Crippen LogP contribution in [0.25, 0.3) is 6.08 Å². The first kappa shape index (κ1) is 21.2. The summed E-state index contributed by atoms with van der Waals surface area (Å²) in [5.74, 6) is 0. The molecule has 0 saturated carbocycles. The van der Waals surface area contributed by atoms with Crippen molar-refractivity contribution in [2.45, 2.75) is 71.6 Å². The van der Waals surface area contributed by atoms with Crippen molar-refractivity contribution >= 4 is 13.2 Å². The van der Waals surface area contributed by atoms with E-state index in [1.165, 1.54) is 31.2 Å². The van der Waals surface area contributed by atoms with Crippen LogP contribution in [0.2, 0.25) is 0 Å². The van der Waals surface area contributed by atoms with E-state index in [4.69, 9.17) is 0 Å². The van der Waals surface area contributed by atoms with Gasteiger partial charge in [-0.1, -0.05) is 82.0 Å². The van der Waals surface area contributed by atoms with Crippen molar-refractivity contribution in [3.63, 3.8) is 0 Å². The molecule has 1 aromatic carbocycles. The average Bonchev–Trinajstić information content (AvgIpc) is 2.59. The smallest absolute Gasteiger partial charge is 0.0877 e. The van der Waals surface area contributed by atoms with Crippen molar-refractivity contribution in [3.05, 3.63) is 42.0 Å². The van der Waals surface area contributed by atoms with Gasteiger partial charge in [-0.25, -0.2) is 0 Å². The molecule has 0 spiro atoms. The Bertz CT molecular complexity index is 464. The molecule has 24 heavy (non-hydrogen) atoms. The predicted octanol–water partition coefficient (Wildman–Crippen LogP) is 7.61. The molecule has 0 fully saturated rings. The minimum atomic E-state index is -1.91. The van der Waals surface area contributed by atoms with E-state index in [9.17, 15) is 4.57 Å². The maximum absolute atomic E-state index is 13.2. The summed E-state index contributed by atoms with van der Waals surface area (Å²) in [4.78, 5) is 0. The first-order chi connectivity index (χ1) is 11.7. The predicted molar refractivity (Wildman–Crippen MR) is 111 cm³/mol. The quantitative estimate of drug-likeness (QED) is 0.250. The van der Waals surface area contributed by atoms with Gasteiger partial charge in [0, 0.05) is 18.5 Å². The Morgan fingerprint density at radius 1 is 0.792 bits per heavy atom. The second-order valence-corrected chi connectivity index (χ2v) is 10.4. The molecule has 0 N–H and O–H groups in total. The van der Waals surface area contributed by atoms with Gasteiger partial charge < -0.3 is 4.57 Å². The SMILES string of the molecule is CCCCCP(=O)(CCCCC)CCCCC=Cc1ccccc1. The van der Waals surface area contributed by atoms with Gasteiger partial charge in [0.25, 0.3) is 0 Å². The highest BCUT2D eigenvalue weighted by molar-refractivity contribution is 7.63. The molecule has 136 valence electrons. The molecule has 0 aromatic heterocycles. The highest BCUT2D eigenvalue weighted by Crippen LogP contribution is 2.48. The fraction of sp³-hybridized carbons (Fsp3) is 0.636. The molecule has 0 heterocycles. The highest BCUT2D eigenvalue weighted by atomic mass is 31.2. The number of benzene rings is 1. The lowest BCUT2D eigenvalue weighted by Gasteiger charge is -2.18. The Labute approximate surface area is 150 Å². The molecular weight excluding hydrogens is 311 g/mol. The summed E-state index contributed by atoms with van der Waals surface area (Å²) in [5.41, 5.74) is 1.27. The van der Waals surface area contributed by atoms with E-state index in [0.717, 1.165) is 50.6 Å². The largest absolute Gasteiger partial charge is 0.324 e. The molecule has 0 saturated heterocycles. The zero-order chi connectivity index (χ0) is 17.5. The normalized spacial score (nSPS) is 12.1. The van der Waals surface area contributed by atoms with E-state index in [1.54, 1.807) is 0 Å². The molecule has 0 radical (unpaired) electrons. The molecule has 0 aliphatic heterocycles. The summed E-state index contributed by atoms with van der Waals surface area (Å²) in [6.07, 6.45) is 18.0. The Morgan fingerprint density at radius 3 is 1.88 bits per heavy atom. The first-order valence-corrected chi connectivity index (χ1v) is 12.2. The molecule has 0 atom stereocenters. The van der Waals surface area contributed by atoms with Gasteiger partial charge in [0.1, 0.15) is 0 Å². The molecule has 0 aliphatic carbocycles. The fourth-order valence-corrected chi connectivity index (χ4v) is 6.15. The maximum atomic E-state index is 13.2. The molecule has 0 aliphatic rings. The van der Waals surface area contributed by atoms with Crippen LogP contribution < -0.4 is 0 Å². The van der Waals surface area contributed by atoms with Crippen molar-refractivity contribution in [2.24, 2.45) is 0 Å². The molecule has 1 nitrogen and oxygen atoms in total. The van der Waals surface area contributed by atoms with E-state index in [1.807, 2.05) is 6.07 Å². The highest BCUT2D eigenvalue weighted by Gasteiger charge is 2.20. The monoisotopic (exact) mass is 348 g/mol. The third-order valence-electron chi connectivity index (χ3n) is 4.63. The van der Waals surface area contributed by atoms with Crippen molar-refractivity contribution in [2.75, 3.05) is 18.5 Å². The van der Waals surface area contributed by atoms with E-state index >= 15 is 0 Å². The third-order valence-corrected chi connectivity index (χ3v) is 8.03. The minimum Gasteiger partial charge on any atom is -0.324 e. The standard InChI is InChI=1S/C22H37OP/c1-3-5-13-19-24(23,20-14-6-4-2)21-15-8-7-10-16-22-17-11-9-12-18-22/h9-12,16-18H,3-8,13-15,19-21H2,1-2H3. The number of allylic oxidation sites excluding steroid dienone is 1. The molecule has 1 rings (SSSR count). The van der Waals surface area contributed by atoms with Crippen molar-refractivity contribution in [1.29, 1.82) is 0 Å². The van der Waals surface area contributed by atoms with E-state index in [0.29, 0.717) is 0 Å². The van der Waals surface area contributed by atoms with Crippen LogP contribution in [-0.4, -0.2) is 18.5 Å². The van der Waals surface area contributed by atoms with Gasteiger partial charge in [-0.2, -0.15) is 0 Å². The van der Waals surface area contributed by atoms with Crippen LogP contribution in [-0.2, 0) is 4.57 Å². The van der Waals surface area contributed by atoms with Crippen LogP contribution in [0.3, 0.4) is 0 Å². The average molecular weight is 349 g/mol. The molecule has 1 aromatic rings. The summed E-state index contributed by atoms with van der Waals surface area (Å²) >= 11 is 0. The van der Waals surface area contributed by atoms with Gasteiger partial charge >= 0.3 is 0 Å². The third kappa shape index (κ3) is 10.1.